The molecule has 0 saturated heterocycles. The molecule has 1 N–H and O–H groups in total. The quantitative estimate of drug-likeness (QED) is 0.634. The third-order valence-electron chi connectivity index (χ3n) is 1.21. The van der Waals surface area contributed by atoms with Crippen LogP contribution in [0.4, 0.5) is 0 Å². The number of carboxylic acids is 1. The van der Waals surface area contributed by atoms with Crippen molar-refractivity contribution in [2.24, 2.45) is 5.92 Å². The molecule has 0 amide bonds. The Morgan fingerprint density at radius 2 is 2.44 bits per heavy atom. The van der Waals surface area contributed by atoms with Gasteiger partial charge in [0.1, 0.15) is 0 Å². The number of carboxylic acid groups (broad SMARTS) is 1. The van der Waals surface area contributed by atoms with E-state index in [2.05, 4.69) is 0 Å². The second-order valence-electron chi connectivity index (χ2n) is 2.08. The molecule has 0 aliphatic heterocycles. The summed E-state index contributed by atoms with van der Waals surface area (Å²) in [5, 5.41) is 8.35. The molecule has 1 atom stereocenters. The van der Waals surface area contributed by atoms with E-state index in [-0.39, 0.29) is 5.92 Å². The summed E-state index contributed by atoms with van der Waals surface area (Å²) >= 11 is 0. The van der Waals surface area contributed by atoms with Crippen molar-refractivity contribution in [3.8, 4) is 0 Å². The number of hydrogen-bond acceptors (Lipinski definition) is 1. The van der Waals surface area contributed by atoms with Crippen molar-refractivity contribution < 1.29 is 12.6 Å². The van der Waals surface area contributed by atoms with E-state index in [0.29, 0.717) is 6.42 Å². The number of rotatable bonds is 4. The highest BCUT2D eigenvalue weighted by molar-refractivity contribution is 5.66. The van der Waals surface area contributed by atoms with Gasteiger partial charge in [-0.25, -0.2) is 0 Å². The average Bonchev–Trinajstić information content (AvgIpc) is 1.83. The maximum Gasteiger partial charge on any atom is 0.303 e. The van der Waals surface area contributed by atoms with Gasteiger partial charge in [-0.3, -0.25) is 4.79 Å². The molecule has 54 valence electrons. The Morgan fingerprint density at radius 1 is 1.89 bits per heavy atom. The van der Waals surface area contributed by atoms with E-state index < -0.39 is 18.8 Å². The molecule has 0 rings (SSSR count). The van der Waals surface area contributed by atoms with Gasteiger partial charge in [-0.1, -0.05) is 20.3 Å². The second kappa shape index (κ2) is 4.36. The summed E-state index contributed by atoms with van der Waals surface area (Å²) in [6.45, 7) is 3.58. The van der Waals surface area contributed by atoms with Crippen LogP contribution in [-0.4, -0.2) is 11.1 Å². The Hall–Kier alpha value is -0.530. The van der Waals surface area contributed by atoms with Crippen LogP contribution >= 0.6 is 0 Å². The van der Waals surface area contributed by atoms with E-state index in [1.54, 1.807) is 6.92 Å². The number of carbonyl (C=O) groups is 1. The van der Waals surface area contributed by atoms with Gasteiger partial charge in [0, 0.05) is 9.16 Å². The maximum atomic E-state index is 10.2. The van der Waals surface area contributed by atoms with Crippen LogP contribution < -0.4 is 0 Å². The first-order valence-corrected chi connectivity index (χ1v) is 3.12. The van der Waals surface area contributed by atoms with Crippen molar-refractivity contribution in [2.45, 2.75) is 33.1 Å². The zero-order chi connectivity index (χ0) is 9.07. The SMILES string of the molecule is [2H]C([2H])(CC(=O)O)C(C)CC. The molecule has 9 heavy (non-hydrogen) atoms. The normalized spacial score (nSPS) is 18.0. The highest BCUT2D eigenvalue weighted by Gasteiger charge is 2.01. The summed E-state index contributed by atoms with van der Waals surface area (Å²) in [4.78, 5) is 10.2. The molecule has 0 radical (unpaired) electrons. The fourth-order valence-corrected chi connectivity index (χ4v) is 0.406. The Balaban J connectivity index is 4.08. The van der Waals surface area contributed by atoms with E-state index in [1.807, 2.05) is 6.92 Å². The fraction of sp³-hybridized carbons (Fsp3) is 0.857. The van der Waals surface area contributed by atoms with Crippen LogP contribution in [0.25, 0.3) is 0 Å². The van der Waals surface area contributed by atoms with Gasteiger partial charge in [0.15, 0.2) is 0 Å². The van der Waals surface area contributed by atoms with Crippen molar-refractivity contribution in [3.63, 3.8) is 0 Å². The molecule has 0 aromatic rings. The van der Waals surface area contributed by atoms with Crippen LogP contribution in [-0.2, 0) is 4.79 Å². The summed E-state index contributed by atoms with van der Waals surface area (Å²) in [6.07, 6.45) is -1.30. The van der Waals surface area contributed by atoms with E-state index in [9.17, 15) is 4.79 Å². The van der Waals surface area contributed by atoms with E-state index in [4.69, 9.17) is 7.85 Å². The van der Waals surface area contributed by atoms with Gasteiger partial charge in [-0.15, -0.1) is 0 Å². The standard InChI is InChI=1S/C7H14O2/c1-3-6(2)4-5-7(8)9/h6H,3-5H2,1-2H3,(H,8,9)/i4D2. The van der Waals surface area contributed by atoms with Crippen molar-refractivity contribution in [2.75, 3.05) is 0 Å². The van der Waals surface area contributed by atoms with Gasteiger partial charge in [0.05, 0.1) is 0 Å². The smallest absolute Gasteiger partial charge is 0.303 e. The molecule has 2 nitrogen and oxygen atoms in total. The van der Waals surface area contributed by atoms with Gasteiger partial charge in [0.25, 0.3) is 0 Å². The lowest BCUT2D eigenvalue weighted by atomic mass is 10.0. The summed E-state index contributed by atoms with van der Waals surface area (Å²) in [6, 6.07) is 0. The zero-order valence-electron chi connectivity index (χ0n) is 7.85. The average molecular weight is 132 g/mol. The molecule has 0 aliphatic rings. The predicted molar refractivity (Wildman–Crippen MR) is 36.3 cm³/mol. The topological polar surface area (TPSA) is 37.3 Å². The molecular weight excluding hydrogens is 116 g/mol. The Bertz CT molecular complexity index is 145. The van der Waals surface area contributed by atoms with Crippen molar-refractivity contribution in [3.05, 3.63) is 0 Å². The highest BCUT2D eigenvalue weighted by Crippen LogP contribution is 2.08. The van der Waals surface area contributed by atoms with E-state index in [1.165, 1.54) is 0 Å². The number of hydrogen-bond donors (Lipinski definition) is 1. The lowest BCUT2D eigenvalue weighted by molar-refractivity contribution is -0.137. The molecule has 0 heterocycles. The second-order valence-corrected chi connectivity index (χ2v) is 2.08. The minimum Gasteiger partial charge on any atom is -0.481 e. The maximum absolute atomic E-state index is 10.2. The molecule has 0 aromatic carbocycles. The summed E-state index contributed by atoms with van der Waals surface area (Å²) < 4.78 is 14.7. The molecule has 2 heteroatoms. The largest absolute Gasteiger partial charge is 0.481 e. The molecule has 0 saturated carbocycles. The van der Waals surface area contributed by atoms with Gasteiger partial charge < -0.3 is 5.11 Å². The zero-order valence-corrected chi connectivity index (χ0v) is 5.85. The van der Waals surface area contributed by atoms with Gasteiger partial charge in [-0.05, 0) is 12.3 Å². The number of aliphatic carboxylic acids is 1. The molecule has 1 unspecified atom stereocenters. The molecule has 0 aliphatic carbocycles. The summed E-state index contributed by atoms with van der Waals surface area (Å²) in [5.74, 6) is -1.27. The van der Waals surface area contributed by atoms with Crippen LogP contribution in [0, 0.1) is 5.92 Å². The van der Waals surface area contributed by atoms with E-state index >= 15 is 0 Å². The lowest BCUT2D eigenvalue weighted by Gasteiger charge is -2.03. The Morgan fingerprint density at radius 3 is 2.78 bits per heavy atom. The monoisotopic (exact) mass is 132 g/mol. The van der Waals surface area contributed by atoms with Gasteiger partial charge in [-0.2, -0.15) is 0 Å². The van der Waals surface area contributed by atoms with Crippen LogP contribution in [0.1, 0.15) is 35.8 Å². The van der Waals surface area contributed by atoms with Crippen molar-refractivity contribution >= 4 is 5.97 Å². The minimum absolute atomic E-state index is 0.196. The molecule has 0 spiro atoms. The molecule has 0 fully saturated rings. The fourth-order valence-electron chi connectivity index (χ4n) is 0.406. The third kappa shape index (κ3) is 5.34. The van der Waals surface area contributed by atoms with Crippen LogP contribution in [0.3, 0.4) is 0 Å². The molecule has 0 aromatic heterocycles. The van der Waals surface area contributed by atoms with Crippen LogP contribution in [0.15, 0.2) is 0 Å². The first kappa shape index (κ1) is 5.27. The highest BCUT2D eigenvalue weighted by atomic mass is 16.4. The summed E-state index contributed by atoms with van der Waals surface area (Å²) in [5.41, 5.74) is 0. The van der Waals surface area contributed by atoms with E-state index in [0.717, 1.165) is 0 Å². The van der Waals surface area contributed by atoms with Crippen molar-refractivity contribution in [1.82, 2.24) is 0 Å². The van der Waals surface area contributed by atoms with Crippen LogP contribution in [0.5, 0.6) is 0 Å². The lowest BCUT2D eigenvalue weighted by Crippen LogP contribution is -1.99. The van der Waals surface area contributed by atoms with Crippen molar-refractivity contribution in [1.29, 1.82) is 0 Å². The predicted octanol–water partition coefficient (Wildman–Crippen LogP) is 1.90. The molecule has 0 bridgehead atoms. The molecular formula is C7H14O2. The summed E-state index contributed by atoms with van der Waals surface area (Å²) in [7, 11) is 0. The Kier molecular flexibility index (Phi) is 2.55. The first-order chi connectivity index (χ1) is 4.90. The minimum atomic E-state index is -1.57. The Labute approximate surface area is 58.7 Å². The first-order valence-electron chi connectivity index (χ1n) is 4.12. The third-order valence-corrected chi connectivity index (χ3v) is 1.21. The van der Waals surface area contributed by atoms with Crippen LogP contribution in [0.2, 0.25) is 0 Å². The van der Waals surface area contributed by atoms with Gasteiger partial charge >= 0.3 is 5.97 Å². The van der Waals surface area contributed by atoms with Gasteiger partial charge in [0.2, 0.25) is 0 Å².